The van der Waals surface area contributed by atoms with E-state index in [4.69, 9.17) is 15.0 Å². The first-order valence-electron chi connectivity index (χ1n) is 7.71. The molecule has 0 N–H and O–H groups in total. The number of esters is 1. The third-order valence-corrected chi connectivity index (χ3v) is 3.91. The number of nitrogens with zero attached hydrogens (tertiary/aromatic N) is 4. The summed E-state index contributed by atoms with van der Waals surface area (Å²) in [5.74, 6) is -0.0888. The third kappa shape index (κ3) is 3.46. The summed E-state index contributed by atoms with van der Waals surface area (Å²) in [4.78, 5) is 19.4. The average molecular weight is 336 g/mol. The minimum Gasteiger partial charge on any atom is -0.467 e. The average Bonchev–Trinajstić information content (AvgIpc) is 3.12. The topological polar surface area (TPSA) is 96.6 Å². The summed E-state index contributed by atoms with van der Waals surface area (Å²) in [5.41, 5.74) is 10.9. The van der Waals surface area contributed by atoms with Gasteiger partial charge in [0, 0.05) is 10.5 Å². The molecule has 126 valence electrons. The van der Waals surface area contributed by atoms with Gasteiger partial charge in [-0.05, 0) is 28.8 Å². The lowest BCUT2D eigenvalue weighted by atomic mass is 9.97. The Labute approximate surface area is 144 Å². The van der Waals surface area contributed by atoms with Crippen LogP contribution in [0.25, 0.3) is 10.4 Å². The highest BCUT2D eigenvalue weighted by Gasteiger charge is 2.39. The largest absolute Gasteiger partial charge is 0.467 e. The van der Waals surface area contributed by atoms with Crippen LogP contribution in [0, 0.1) is 0 Å². The van der Waals surface area contributed by atoms with Crippen LogP contribution in [-0.2, 0) is 20.8 Å². The zero-order chi connectivity index (χ0) is 17.6. The fourth-order valence-corrected chi connectivity index (χ4v) is 2.73. The molecule has 1 heterocycles. The van der Waals surface area contributed by atoms with E-state index in [2.05, 4.69) is 15.0 Å². The number of benzene rings is 2. The van der Waals surface area contributed by atoms with Crippen molar-refractivity contribution in [3.05, 3.63) is 81.7 Å². The molecule has 0 radical (unpaired) electrons. The quantitative estimate of drug-likeness (QED) is 0.361. The molecular formula is C18H16N4O3. The first-order chi connectivity index (χ1) is 12.2. The van der Waals surface area contributed by atoms with Gasteiger partial charge in [0.05, 0.1) is 13.7 Å². The van der Waals surface area contributed by atoms with Crippen LogP contribution in [0.15, 0.2) is 64.7 Å². The molecule has 0 amide bonds. The monoisotopic (exact) mass is 336 g/mol. The highest BCUT2D eigenvalue weighted by Crippen LogP contribution is 2.34. The van der Waals surface area contributed by atoms with Crippen LogP contribution in [0.2, 0.25) is 0 Å². The molecule has 1 aliphatic rings. The Kier molecular flexibility index (Phi) is 4.97. The fraction of sp³-hybridized carbons (Fsp3) is 0.222. The number of ether oxygens (including phenoxy) is 2. The van der Waals surface area contributed by atoms with E-state index in [1.807, 2.05) is 54.6 Å². The van der Waals surface area contributed by atoms with Crippen molar-refractivity contribution >= 4 is 11.9 Å². The molecule has 3 rings (SSSR count). The highest BCUT2D eigenvalue weighted by atomic mass is 16.5. The van der Waals surface area contributed by atoms with Crippen molar-refractivity contribution in [2.75, 3.05) is 7.11 Å². The minimum absolute atomic E-state index is 0.168. The molecule has 0 saturated carbocycles. The van der Waals surface area contributed by atoms with Gasteiger partial charge < -0.3 is 9.47 Å². The second kappa shape index (κ2) is 7.51. The fourth-order valence-electron chi connectivity index (χ4n) is 2.73. The van der Waals surface area contributed by atoms with E-state index < -0.39 is 18.1 Å². The lowest BCUT2D eigenvalue weighted by Crippen LogP contribution is -2.26. The molecule has 2 aromatic carbocycles. The predicted molar refractivity (Wildman–Crippen MR) is 91.9 cm³/mol. The highest BCUT2D eigenvalue weighted by molar-refractivity contribution is 5.98. The summed E-state index contributed by atoms with van der Waals surface area (Å²) in [6, 6.07) is 15.9. The van der Waals surface area contributed by atoms with E-state index >= 15 is 0 Å². The molecule has 0 bridgehead atoms. The van der Waals surface area contributed by atoms with E-state index in [9.17, 15) is 4.79 Å². The van der Waals surface area contributed by atoms with Crippen molar-refractivity contribution in [2.45, 2.75) is 18.7 Å². The molecule has 0 fully saturated rings. The molecule has 2 atom stereocenters. The van der Waals surface area contributed by atoms with Crippen LogP contribution in [-0.4, -0.2) is 25.0 Å². The van der Waals surface area contributed by atoms with Crippen LogP contribution in [0.5, 0.6) is 0 Å². The van der Waals surface area contributed by atoms with Gasteiger partial charge in [0.2, 0.25) is 5.90 Å². The molecule has 0 unspecified atom stereocenters. The van der Waals surface area contributed by atoms with Crippen molar-refractivity contribution < 1.29 is 14.3 Å². The Morgan fingerprint density at radius 1 is 1.24 bits per heavy atom. The van der Waals surface area contributed by atoms with Crippen LogP contribution >= 0.6 is 0 Å². The Morgan fingerprint density at radius 2 is 1.96 bits per heavy atom. The van der Waals surface area contributed by atoms with Gasteiger partial charge in [-0.25, -0.2) is 9.79 Å². The summed E-state index contributed by atoms with van der Waals surface area (Å²) >= 11 is 0. The molecule has 25 heavy (non-hydrogen) atoms. The van der Waals surface area contributed by atoms with E-state index in [1.54, 1.807) is 0 Å². The molecule has 7 nitrogen and oxygen atoms in total. The van der Waals surface area contributed by atoms with Gasteiger partial charge in [0.1, 0.15) is 0 Å². The van der Waals surface area contributed by atoms with Gasteiger partial charge in [-0.15, -0.1) is 0 Å². The Hall–Kier alpha value is -3.31. The second-order valence-corrected chi connectivity index (χ2v) is 5.39. The van der Waals surface area contributed by atoms with Gasteiger partial charge in [-0.2, -0.15) is 0 Å². The zero-order valence-electron chi connectivity index (χ0n) is 13.6. The van der Waals surface area contributed by atoms with Crippen molar-refractivity contribution in [1.29, 1.82) is 0 Å². The summed E-state index contributed by atoms with van der Waals surface area (Å²) < 4.78 is 10.9. The Balaban J connectivity index is 1.99. The zero-order valence-corrected chi connectivity index (χ0v) is 13.6. The summed E-state index contributed by atoms with van der Waals surface area (Å²) in [6.45, 7) is 0.168. The summed E-state index contributed by atoms with van der Waals surface area (Å²) in [7, 11) is 1.32. The number of hydrogen-bond donors (Lipinski definition) is 0. The first kappa shape index (κ1) is 16.5. The normalized spacial score (nSPS) is 18.7. The van der Waals surface area contributed by atoms with Gasteiger partial charge in [0.25, 0.3) is 0 Å². The number of hydrogen-bond acceptors (Lipinski definition) is 5. The van der Waals surface area contributed by atoms with Crippen molar-refractivity contribution in [2.24, 2.45) is 10.1 Å². The molecule has 0 aromatic heterocycles. The van der Waals surface area contributed by atoms with Crippen LogP contribution in [0.1, 0.15) is 22.8 Å². The lowest BCUT2D eigenvalue weighted by Gasteiger charge is -2.19. The van der Waals surface area contributed by atoms with E-state index in [-0.39, 0.29) is 6.54 Å². The number of aliphatic imine (C=N–C) groups is 1. The maximum absolute atomic E-state index is 12.2. The number of carbonyl (C=O) groups is 1. The standard InChI is InChI=1S/C18H16N4O3/c1-24-18(23)15-16(14-10-6-5-9-13(14)11-20-22-19)25-17(21-15)12-7-3-2-4-8-12/h2-10,15-16H,11H2,1H3/t15-,16-/m0/s1. The molecule has 0 spiro atoms. The van der Waals surface area contributed by atoms with E-state index in [0.29, 0.717) is 5.90 Å². The Bertz CT molecular complexity index is 844. The third-order valence-electron chi connectivity index (χ3n) is 3.91. The van der Waals surface area contributed by atoms with Crippen molar-refractivity contribution in [1.82, 2.24) is 0 Å². The first-order valence-corrected chi connectivity index (χ1v) is 7.71. The number of methoxy groups -OCH3 is 1. The van der Waals surface area contributed by atoms with Gasteiger partial charge >= 0.3 is 5.97 Å². The maximum Gasteiger partial charge on any atom is 0.335 e. The SMILES string of the molecule is COC(=O)[C@H]1N=C(c2ccccc2)O[C@H]1c1ccccc1CN=[N+]=[N-]. The molecule has 1 aliphatic heterocycles. The van der Waals surface area contributed by atoms with Crippen LogP contribution in [0.4, 0.5) is 0 Å². The van der Waals surface area contributed by atoms with Crippen LogP contribution < -0.4 is 0 Å². The molecular weight excluding hydrogens is 320 g/mol. The smallest absolute Gasteiger partial charge is 0.335 e. The number of rotatable bonds is 5. The molecule has 7 heteroatoms. The van der Waals surface area contributed by atoms with E-state index in [0.717, 1.165) is 16.7 Å². The lowest BCUT2D eigenvalue weighted by molar-refractivity contribution is -0.143. The number of azide groups is 1. The molecule has 2 aromatic rings. The van der Waals surface area contributed by atoms with Crippen LogP contribution in [0.3, 0.4) is 0 Å². The van der Waals surface area contributed by atoms with E-state index in [1.165, 1.54) is 7.11 Å². The van der Waals surface area contributed by atoms with Crippen molar-refractivity contribution in [3.63, 3.8) is 0 Å². The van der Waals surface area contributed by atoms with Gasteiger partial charge in [-0.3, -0.25) is 0 Å². The van der Waals surface area contributed by atoms with Crippen molar-refractivity contribution in [3.8, 4) is 0 Å². The summed E-state index contributed by atoms with van der Waals surface area (Å²) in [5, 5.41) is 3.61. The number of carbonyl (C=O) groups excluding carboxylic acids is 1. The predicted octanol–water partition coefficient (Wildman–Crippen LogP) is 3.56. The molecule has 0 saturated heterocycles. The maximum atomic E-state index is 12.2. The minimum atomic E-state index is -0.813. The van der Waals surface area contributed by atoms with Gasteiger partial charge in [0.15, 0.2) is 12.1 Å². The Morgan fingerprint density at radius 3 is 2.68 bits per heavy atom. The summed E-state index contributed by atoms with van der Waals surface area (Å²) in [6.07, 6.45) is -0.632. The van der Waals surface area contributed by atoms with Gasteiger partial charge in [-0.1, -0.05) is 47.6 Å². The second-order valence-electron chi connectivity index (χ2n) is 5.39. The molecule has 0 aliphatic carbocycles.